The minimum absolute atomic E-state index is 0.175. The highest BCUT2D eigenvalue weighted by Crippen LogP contribution is 2.11. The Balaban J connectivity index is 2.04. The van der Waals surface area contributed by atoms with Crippen molar-refractivity contribution in [3.05, 3.63) is 51.9 Å². The molecule has 116 valence electrons. The average molecular weight is 299 g/mol. The number of nitrogens with one attached hydrogen (secondary N) is 2. The van der Waals surface area contributed by atoms with Crippen molar-refractivity contribution in [3.8, 4) is 0 Å². The molecule has 2 rings (SSSR count). The van der Waals surface area contributed by atoms with Crippen LogP contribution in [-0.2, 0) is 6.42 Å². The molecule has 1 aromatic carbocycles. The van der Waals surface area contributed by atoms with Crippen LogP contribution in [0.25, 0.3) is 0 Å². The van der Waals surface area contributed by atoms with Gasteiger partial charge in [-0.1, -0.05) is 25.5 Å². The van der Waals surface area contributed by atoms with Crippen LogP contribution in [0, 0.1) is 0 Å². The fourth-order valence-corrected chi connectivity index (χ4v) is 1.97. The van der Waals surface area contributed by atoms with Gasteiger partial charge in [-0.05, 0) is 24.1 Å². The zero-order chi connectivity index (χ0) is 15.9. The first-order valence-electron chi connectivity index (χ1n) is 7.25. The molecule has 0 spiro atoms. The van der Waals surface area contributed by atoms with Gasteiger partial charge in [-0.15, -0.1) is 0 Å². The number of hydrazone groups is 1. The van der Waals surface area contributed by atoms with Gasteiger partial charge in [0.1, 0.15) is 0 Å². The highest BCUT2D eigenvalue weighted by Gasteiger charge is 1.99. The van der Waals surface area contributed by atoms with Crippen LogP contribution in [0.3, 0.4) is 0 Å². The molecular weight excluding hydrogens is 278 g/mol. The molecule has 0 saturated heterocycles. The van der Waals surface area contributed by atoms with Crippen LogP contribution < -0.4 is 15.9 Å². The Morgan fingerprint density at radius 3 is 2.68 bits per heavy atom. The second-order valence-electron chi connectivity index (χ2n) is 5.19. The molecule has 1 aromatic heterocycles. The summed E-state index contributed by atoms with van der Waals surface area (Å²) >= 11 is 0. The normalized spacial score (nSPS) is 10.9. The number of rotatable bonds is 6. The summed E-state index contributed by atoms with van der Waals surface area (Å²) in [7, 11) is 3.99. The van der Waals surface area contributed by atoms with Crippen LogP contribution in [0.15, 0.2) is 40.2 Å². The highest BCUT2D eigenvalue weighted by molar-refractivity contribution is 5.80. The van der Waals surface area contributed by atoms with Crippen molar-refractivity contribution in [2.24, 2.45) is 5.10 Å². The summed E-state index contributed by atoms with van der Waals surface area (Å²) in [5, 5.41) is 4.11. The summed E-state index contributed by atoms with van der Waals surface area (Å²) in [5.74, 6) is 0.358. The van der Waals surface area contributed by atoms with Crippen LogP contribution in [-0.4, -0.2) is 30.3 Å². The van der Waals surface area contributed by atoms with Gasteiger partial charge in [0, 0.05) is 31.5 Å². The maximum atomic E-state index is 11.5. The highest BCUT2D eigenvalue weighted by atomic mass is 16.1. The Labute approximate surface area is 129 Å². The lowest BCUT2D eigenvalue weighted by atomic mass is 10.2. The predicted octanol–water partition coefficient (Wildman–Crippen LogP) is 2.23. The van der Waals surface area contributed by atoms with Gasteiger partial charge < -0.3 is 4.90 Å². The lowest BCUT2D eigenvalue weighted by Gasteiger charge is -2.11. The number of benzene rings is 1. The minimum Gasteiger partial charge on any atom is -0.378 e. The molecular formula is C16H21N5O. The molecule has 6 heteroatoms. The number of hydrogen-bond acceptors (Lipinski definition) is 5. The van der Waals surface area contributed by atoms with Gasteiger partial charge >= 0.3 is 0 Å². The second-order valence-corrected chi connectivity index (χ2v) is 5.19. The Hall–Kier alpha value is -2.63. The monoisotopic (exact) mass is 299 g/mol. The van der Waals surface area contributed by atoms with E-state index in [4.69, 9.17) is 0 Å². The van der Waals surface area contributed by atoms with Crippen LogP contribution in [0.2, 0.25) is 0 Å². The van der Waals surface area contributed by atoms with Gasteiger partial charge in [-0.25, -0.2) is 10.4 Å². The summed E-state index contributed by atoms with van der Waals surface area (Å²) in [6, 6.07) is 9.50. The Bertz CT molecular complexity index is 688. The summed E-state index contributed by atoms with van der Waals surface area (Å²) in [5.41, 5.74) is 5.44. The van der Waals surface area contributed by atoms with E-state index in [9.17, 15) is 4.79 Å². The number of hydrogen-bond donors (Lipinski definition) is 2. The molecule has 0 aliphatic rings. The maximum Gasteiger partial charge on any atom is 0.252 e. The molecule has 1 heterocycles. The lowest BCUT2D eigenvalue weighted by molar-refractivity contribution is 0.867. The first-order chi connectivity index (χ1) is 10.6. The third-order valence-electron chi connectivity index (χ3n) is 3.09. The second kappa shape index (κ2) is 7.40. The fourth-order valence-electron chi connectivity index (χ4n) is 1.97. The molecule has 2 N–H and O–H groups in total. The fraction of sp³-hybridized carbons (Fsp3) is 0.312. The summed E-state index contributed by atoms with van der Waals surface area (Å²) in [6.07, 6.45) is 3.40. The largest absolute Gasteiger partial charge is 0.378 e. The standard InChI is InChI=1S/C16H21N5O/c1-4-5-13-10-15(22)19-16(18-13)20-17-11-12-6-8-14(9-7-12)21(2)3/h6-11H,4-5H2,1-3H3,(H2,18,19,20,22)/b17-11-. The number of aryl methyl sites for hydroxylation is 1. The molecule has 6 nitrogen and oxygen atoms in total. The molecule has 0 unspecified atom stereocenters. The zero-order valence-corrected chi connectivity index (χ0v) is 13.1. The van der Waals surface area contributed by atoms with E-state index in [0.717, 1.165) is 29.8 Å². The Morgan fingerprint density at radius 2 is 2.05 bits per heavy atom. The quantitative estimate of drug-likeness (QED) is 0.634. The van der Waals surface area contributed by atoms with Crippen molar-refractivity contribution in [2.45, 2.75) is 19.8 Å². The number of nitrogens with zero attached hydrogens (tertiary/aromatic N) is 3. The summed E-state index contributed by atoms with van der Waals surface area (Å²) in [4.78, 5) is 20.5. The summed E-state index contributed by atoms with van der Waals surface area (Å²) < 4.78 is 0. The van der Waals surface area contributed by atoms with Crippen molar-refractivity contribution in [3.63, 3.8) is 0 Å². The van der Waals surface area contributed by atoms with Gasteiger partial charge in [0.15, 0.2) is 0 Å². The van der Waals surface area contributed by atoms with Crippen LogP contribution in [0.1, 0.15) is 24.6 Å². The van der Waals surface area contributed by atoms with Crippen LogP contribution in [0.4, 0.5) is 11.6 Å². The van der Waals surface area contributed by atoms with Crippen molar-refractivity contribution in [2.75, 3.05) is 24.4 Å². The zero-order valence-electron chi connectivity index (χ0n) is 13.1. The number of H-pyrrole nitrogens is 1. The number of aromatic nitrogens is 2. The summed E-state index contributed by atoms with van der Waals surface area (Å²) in [6.45, 7) is 2.05. The molecule has 0 saturated carbocycles. The molecule has 0 atom stereocenters. The van der Waals surface area contributed by atoms with Crippen molar-refractivity contribution < 1.29 is 0 Å². The number of aromatic amines is 1. The maximum absolute atomic E-state index is 11.5. The molecule has 2 aromatic rings. The minimum atomic E-state index is -0.175. The SMILES string of the molecule is CCCc1cc(=O)[nH]c(N/N=C\c2ccc(N(C)C)cc2)n1. The third kappa shape index (κ3) is 4.44. The van der Waals surface area contributed by atoms with Gasteiger partial charge in [0.25, 0.3) is 5.56 Å². The van der Waals surface area contributed by atoms with Gasteiger partial charge in [0.2, 0.25) is 5.95 Å². The first-order valence-corrected chi connectivity index (χ1v) is 7.25. The van der Waals surface area contributed by atoms with E-state index >= 15 is 0 Å². The molecule has 22 heavy (non-hydrogen) atoms. The lowest BCUT2D eigenvalue weighted by Crippen LogP contribution is -2.12. The molecule has 0 aliphatic carbocycles. The van der Waals surface area contributed by atoms with Crippen LogP contribution >= 0.6 is 0 Å². The van der Waals surface area contributed by atoms with Gasteiger partial charge in [0.05, 0.1) is 6.21 Å². The van der Waals surface area contributed by atoms with E-state index in [1.807, 2.05) is 50.2 Å². The Kier molecular flexibility index (Phi) is 5.30. The van der Waals surface area contributed by atoms with Gasteiger partial charge in [-0.2, -0.15) is 5.10 Å². The third-order valence-corrected chi connectivity index (χ3v) is 3.09. The molecule has 0 aliphatic heterocycles. The van der Waals surface area contributed by atoms with E-state index in [0.29, 0.717) is 5.95 Å². The van der Waals surface area contributed by atoms with Crippen molar-refractivity contribution >= 4 is 17.9 Å². The predicted molar refractivity (Wildman–Crippen MR) is 90.8 cm³/mol. The molecule has 0 radical (unpaired) electrons. The molecule has 0 amide bonds. The van der Waals surface area contributed by atoms with Crippen LogP contribution in [0.5, 0.6) is 0 Å². The van der Waals surface area contributed by atoms with E-state index < -0.39 is 0 Å². The van der Waals surface area contributed by atoms with E-state index in [-0.39, 0.29) is 5.56 Å². The first kappa shape index (κ1) is 15.8. The van der Waals surface area contributed by atoms with Crippen molar-refractivity contribution in [1.29, 1.82) is 0 Å². The van der Waals surface area contributed by atoms with Crippen molar-refractivity contribution in [1.82, 2.24) is 9.97 Å². The smallest absolute Gasteiger partial charge is 0.252 e. The van der Waals surface area contributed by atoms with E-state index in [1.165, 1.54) is 6.07 Å². The molecule has 0 bridgehead atoms. The average Bonchev–Trinajstić information content (AvgIpc) is 2.47. The molecule has 0 fully saturated rings. The van der Waals surface area contributed by atoms with E-state index in [2.05, 4.69) is 20.5 Å². The van der Waals surface area contributed by atoms with E-state index in [1.54, 1.807) is 6.21 Å². The topological polar surface area (TPSA) is 73.4 Å². The Morgan fingerprint density at radius 1 is 1.32 bits per heavy atom. The van der Waals surface area contributed by atoms with Gasteiger partial charge in [-0.3, -0.25) is 9.78 Å². The number of anilines is 2.